The number of halogens is 1. The lowest BCUT2D eigenvalue weighted by Gasteiger charge is -2.14. The monoisotopic (exact) mass is 457 g/mol. The molecule has 3 aromatic rings. The van der Waals surface area contributed by atoms with E-state index in [-0.39, 0.29) is 5.91 Å². The average Bonchev–Trinajstić information content (AvgIpc) is 3.04. The van der Waals surface area contributed by atoms with Gasteiger partial charge in [0.25, 0.3) is 5.91 Å². The van der Waals surface area contributed by atoms with E-state index in [0.29, 0.717) is 24.5 Å². The number of aryl methyl sites for hydroxylation is 3. The van der Waals surface area contributed by atoms with Crippen LogP contribution < -0.4 is 14.8 Å². The first kappa shape index (κ1) is 20.9. The third-order valence-corrected chi connectivity index (χ3v) is 5.36. The Morgan fingerprint density at radius 3 is 2.66 bits per heavy atom. The van der Waals surface area contributed by atoms with Crippen LogP contribution in [-0.4, -0.2) is 22.8 Å². The van der Waals surface area contributed by atoms with Gasteiger partial charge in [-0.1, -0.05) is 12.1 Å². The summed E-state index contributed by atoms with van der Waals surface area (Å²) in [5.74, 6) is 1.33. The predicted molar refractivity (Wildman–Crippen MR) is 115 cm³/mol. The molecule has 0 fully saturated rings. The minimum absolute atomic E-state index is 0.172. The molecule has 0 spiro atoms. The SMILES string of the molecule is COc1ccc(C(=O)NCc2c(Br)cnn2C)cc1COc1cc(C)ccc1C. The molecule has 0 saturated carbocycles. The Bertz CT molecular complexity index is 1010. The highest BCUT2D eigenvalue weighted by Crippen LogP contribution is 2.25. The minimum atomic E-state index is -0.172. The first-order valence-electron chi connectivity index (χ1n) is 9.20. The fourth-order valence-corrected chi connectivity index (χ4v) is 3.44. The molecular weight excluding hydrogens is 434 g/mol. The first-order chi connectivity index (χ1) is 13.9. The van der Waals surface area contributed by atoms with Gasteiger partial charge in [-0.3, -0.25) is 9.48 Å². The molecule has 3 rings (SSSR count). The molecule has 2 aromatic carbocycles. The molecule has 0 atom stereocenters. The normalized spacial score (nSPS) is 10.7. The van der Waals surface area contributed by atoms with Crippen molar-refractivity contribution in [1.82, 2.24) is 15.1 Å². The fraction of sp³-hybridized carbons (Fsp3) is 0.273. The van der Waals surface area contributed by atoms with Crippen molar-refractivity contribution in [2.24, 2.45) is 7.05 Å². The standard InChI is InChI=1S/C22H24BrN3O3/c1-14-5-6-15(2)21(9-14)29-13-17-10-16(7-8-20(17)28-4)22(27)24-12-19-18(23)11-25-26(19)3/h5-11H,12-13H2,1-4H3,(H,24,27). The van der Waals surface area contributed by atoms with Crippen LogP contribution in [0.5, 0.6) is 11.5 Å². The number of carbonyl (C=O) groups excluding carboxylic acids is 1. The molecule has 1 amide bonds. The highest BCUT2D eigenvalue weighted by atomic mass is 79.9. The summed E-state index contributed by atoms with van der Waals surface area (Å²) < 4.78 is 14.0. The summed E-state index contributed by atoms with van der Waals surface area (Å²) in [6, 6.07) is 11.4. The number of nitrogens with one attached hydrogen (secondary N) is 1. The summed E-state index contributed by atoms with van der Waals surface area (Å²) in [5, 5.41) is 7.08. The maximum absolute atomic E-state index is 12.6. The van der Waals surface area contributed by atoms with Gasteiger partial charge in [0.15, 0.2) is 0 Å². The molecule has 152 valence electrons. The van der Waals surface area contributed by atoms with E-state index >= 15 is 0 Å². The van der Waals surface area contributed by atoms with Crippen molar-refractivity contribution in [3.63, 3.8) is 0 Å². The van der Waals surface area contributed by atoms with Crippen molar-refractivity contribution < 1.29 is 14.3 Å². The Morgan fingerprint density at radius 1 is 1.17 bits per heavy atom. The minimum Gasteiger partial charge on any atom is -0.496 e. The van der Waals surface area contributed by atoms with E-state index in [1.807, 2.05) is 39.1 Å². The highest BCUT2D eigenvalue weighted by Gasteiger charge is 2.13. The maximum atomic E-state index is 12.6. The lowest BCUT2D eigenvalue weighted by atomic mass is 10.1. The van der Waals surface area contributed by atoms with Crippen molar-refractivity contribution in [2.45, 2.75) is 27.0 Å². The Hall–Kier alpha value is -2.80. The van der Waals surface area contributed by atoms with Gasteiger partial charge < -0.3 is 14.8 Å². The quantitative estimate of drug-likeness (QED) is 0.573. The van der Waals surface area contributed by atoms with E-state index in [2.05, 4.69) is 26.3 Å². The lowest BCUT2D eigenvalue weighted by Crippen LogP contribution is -2.24. The molecule has 0 bridgehead atoms. The fourth-order valence-electron chi connectivity index (χ4n) is 2.95. The van der Waals surface area contributed by atoms with E-state index in [1.165, 1.54) is 0 Å². The van der Waals surface area contributed by atoms with Gasteiger partial charge in [-0.2, -0.15) is 5.10 Å². The summed E-state index contributed by atoms with van der Waals surface area (Å²) in [6.45, 7) is 4.71. The van der Waals surface area contributed by atoms with Crippen molar-refractivity contribution in [2.75, 3.05) is 7.11 Å². The van der Waals surface area contributed by atoms with Crippen LogP contribution in [0.25, 0.3) is 0 Å². The molecule has 0 aliphatic carbocycles. The van der Waals surface area contributed by atoms with Gasteiger partial charge in [-0.05, 0) is 65.2 Å². The number of rotatable bonds is 7. The highest BCUT2D eigenvalue weighted by molar-refractivity contribution is 9.10. The lowest BCUT2D eigenvalue weighted by molar-refractivity contribution is 0.0949. The van der Waals surface area contributed by atoms with Gasteiger partial charge in [0.2, 0.25) is 0 Å². The number of ether oxygens (including phenoxy) is 2. The summed E-state index contributed by atoms with van der Waals surface area (Å²) in [7, 11) is 3.44. The van der Waals surface area contributed by atoms with E-state index < -0.39 is 0 Å². The predicted octanol–water partition coefficient (Wildman–Crippen LogP) is 4.32. The second-order valence-electron chi connectivity index (χ2n) is 6.83. The van der Waals surface area contributed by atoms with E-state index in [4.69, 9.17) is 9.47 Å². The van der Waals surface area contributed by atoms with Gasteiger partial charge in [-0.25, -0.2) is 0 Å². The largest absolute Gasteiger partial charge is 0.496 e. The molecular formula is C22H24BrN3O3. The molecule has 1 aromatic heterocycles. The first-order valence-corrected chi connectivity index (χ1v) is 10.00. The zero-order chi connectivity index (χ0) is 21.0. The molecule has 7 heteroatoms. The van der Waals surface area contributed by atoms with Crippen LogP contribution in [0, 0.1) is 13.8 Å². The topological polar surface area (TPSA) is 65.4 Å². The van der Waals surface area contributed by atoms with Crippen LogP contribution in [-0.2, 0) is 20.2 Å². The van der Waals surface area contributed by atoms with Gasteiger partial charge in [0.05, 0.1) is 30.0 Å². The van der Waals surface area contributed by atoms with Gasteiger partial charge in [-0.15, -0.1) is 0 Å². The molecule has 0 aliphatic heterocycles. The third kappa shape index (κ3) is 4.98. The molecule has 0 saturated heterocycles. The average molecular weight is 458 g/mol. The molecule has 0 aliphatic rings. The molecule has 29 heavy (non-hydrogen) atoms. The van der Waals surface area contributed by atoms with Crippen LogP contribution in [0.4, 0.5) is 0 Å². The van der Waals surface area contributed by atoms with E-state index in [1.54, 1.807) is 36.2 Å². The van der Waals surface area contributed by atoms with Crippen molar-refractivity contribution in [3.05, 3.63) is 75.0 Å². The molecule has 6 nitrogen and oxygen atoms in total. The zero-order valence-corrected chi connectivity index (χ0v) is 18.5. The second-order valence-corrected chi connectivity index (χ2v) is 7.68. The number of benzene rings is 2. The van der Waals surface area contributed by atoms with Crippen LogP contribution >= 0.6 is 15.9 Å². The third-order valence-electron chi connectivity index (χ3n) is 4.70. The van der Waals surface area contributed by atoms with Crippen LogP contribution in [0.2, 0.25) is 0 Å². The smallest absolute Gasteiger partial charge is 0.251 e. The number of methoxy groups -OCH3 is 1. The summed E-state index contributed by atoms with van der Waals surface area (Å²) in [4.78, 5) is 12.6. The Kier molecular flexibility index (Phi) is 6.59. The van der Waals surface area contributed by atoms with Crippen LogP contribution in [0.1, 0.15) is 32.7 Å². The molecule has 0 radical (unpaired) electrons. The van der Waals surface area contributed by atoms with Gasteiger partial charge in [0.1, 0.15) is 18.1 Å². The zero-order valence-electron chi connectivity index (χ0n) is 17.0. The Balaban J connectivity index is 1.74. The van der Waals surface area contributed by atoms with Crippen LogP contribution in [0.15, 0.2) is 47.1 Å². The number of nitrogens with zero attached hydrogens (tertiary/aromatic N) is 2. The van der Waals surface area contributed by atoms with Gasteiger partial charge in [0, 0.05) is 18.2 Å². The van der Waals surface area contributed by atoms with Crippen molar-refractivity contribution >= 4 is 21.8 Å². The number of hydrogen-bond donors (Lipinski definition) is 1. The molecule has 1 N–H and O–H groups in total. The Labute approximate surface area is 179 Å². The summed E-state index contributed by atoms with van der Waals surface area (Å²) in [5.41, 5.74) is 4.44. The van der Waals surface area contributed by atoms with E-state index in [9.17, 15) is 4.79 Å². The number of aromatic nitrogens is 2. The molecule has 1 heterocycles. The second kappa shape index (κ2) is 9.13. The number of amides is 1. The molecule has 0 unspecified atom stereocenters. The maximum Gasteiger partial charge on any atom is 0.251 e. The van der Waals surface area contributed by atoms with E-state index in [0.717, 1.165) is 32.6 Å². The van der Waals surface area contributed by atoms with Gasteiger partial charge >= 0.3 is 0 Å². The van der Waals surface area contributed by atoms with Crippen molar-refractivity contribution in [3.8, 4) is 11.5 Å². The summed E-state index contributed by atoms with van der Waals surface area (Å²) in [6.07, 6.45) is 1.71. The summed E-state index contributed by atoms with van der Waals surface area (Å²) >= 11 is 3.44. The Morgan fingerprint density at radius 2 is 1.97 bits per heavy atom. The van der Waals surface area contributed by atoms with Crippen LogP contribution in [0.3, 0.4) is 0 Å². The van der Waals surface area contributed by atoms with Crippen molar-refractivity contribution in [1.29, 1.82) is 0 Å². The number of carbonyl (C=O) groups is 1. The number of hydrogen-bond acceptors (Lipinski definition) is 4.